The first-order chi connectivity index (χ1) is 19.4. The Morgan fingerprint density at radius 3 is 1.68 bits per heavy atom. The number of carbonyl (C=O) groups is 2. The number of unbranched alkanes of at least 4 members (excludes halogenated alkanes) is 4. The van der Waals surface area contributed by atoms with Crippen molar-refractivity contribution in [3.05, 3.63) is 29.3 Å². The molecule has 0 aliphatic heterocycles. The van der Waals surface area contributed by atoms with Crippen LogP contribution in [-0.2, 0) is 19.1 Å². The fraction of sp³-hybridized carbons (Fsp3) is 0.758. The molecule has 3 rings (SSSR count). The average Bonchev–Trinajstić information content (AvgIpc) is 2.97. The van der Waals surface area contributed by atoms with Crippen molar-refractivity contribution in [3.8, 4) is 5.75 Å². The van der Waals surface area contributed by atoms with Gasteiger partial charge >= 0.3 is 11.9 Å². The zero-order valence-electron chi connectivity index (χ0n) is 24.8. The Hall–Kier alpha value is -2.18. The maximum absolute atomic E-state index is 14.1. The lowest BCUT2D eigenvalue weighted by atomic mass is 9.79. The van der Waals surface area contributed by atoms with Crippen molar-refractivity contribution < 1.29 is 32.6 Å². The van der Waals surface area contributed by atoms with Gasteiger partial charge in [-0.1, -0.05) is 51.7 Å². The van der Waals surface area contributed by atoms with Crippen LogP contribution in [0.3, 0.4) is 0 Å². The fourth-order valence-corrected chi connectivity index (χ4v) is 6.18. The smallest absolute Gasteiger partial charge is 0.340 e. The van der Waals surface area contributed by atoms with Gasteiger partial charge in [0, 0.05) is 0 Å². The number of methoxy groups -OCH3 is 1. The van der Waals surface area contributed by atoms with Crippen LogP contribution in [0.15, 0.2) is 18.2 Å². The van der Waals surface area contributed by atoms with Gasteiger partial charge in [-0.3, -0.25) is 0 Å². The summed E-state index contributed by atoms with van der Waals surface area (Å²) in [6.45, 7) is 4.11. The summed E-state index contributed by atoms with van der Waals surface area (Å²) in [6.07, 6.45) is 8.75. The molecule has 0 heterocycles. The summed E-state index contributed by atoms with van der Waals surface area (Å²) in [4.78, 5) is 24.3. The molecule has 2 fully saturated rings. The molecule has 2 aliphatic rings. The molecule has 7 heteroatoms. The van der Waals surface area contributed by atoms with Gasteiger partial charge in [-0.2, -0.15) is 0 Å². The second-order valence-corrected chi connectivity index (χ2v) is 11.7. The number of halogens is 2. The van der Waals surface area contributed by atoms with Crippen molar-refractivity contribution >= 4 is 11.9 Å². The minimum atomic E-state index is -1.52. The lowest BCUT2D eigenvalue weighted by molar-refractivity contribution is -0.157. The van der Waals surface area contributed by atoms with E-state index in [0.717, 1.165) is 82.8 Å². The van der Waals surface area contributed by atoms with E-state index in [1.165, 1.54) is 11.1 Å². The van der Waals surface area contributed by atoms with E-state index in [1.807, 2.05) is 0 Å². The summed E-state index contributed by atoms with van der Waals surface area (Å²) in [7, 11) is 1.69. The predicted octanol–water partition coefficient (Wildman–Crippen LogP) is 8.67. The van der Waals surface area contributed by atoms with E-state index in [4.69, 9.17) is 14.2 Å². The summed E-state index contributed by atoms with van der Waals surface area (Å²) in [5, 5.41) is 0. The molecule has 0 spiro atoms. The van der Waals surface area contributed by atoms with Crippen LogP contribution in [0.4, 0.5) is 8.78 Å². The van der Waals surface area contributed by atoms with Crippen LogP contribution in [0.25, 0.3) is 0 Å². The molecule has 5 nitrogen and oxygen atoms in total. The van der Waals surface area contributed by atoms with Gasteiger partial charge in [0.1, 0.15) is 18.0 Å². The summed E-state index contributed by atoms with van der Waals surface area (Å²) in [5.41, 5.74) is 2.38. The normalized spacial score (nSPS) is 24.6. The first kappa shape index (κ1) is 32.3. The molecular formula is C33H50F2O5. The van der Waals surface area contributed by atoms with Gasteiger partial charge in [-0.15, -0.1) is 0 Å². The molecule has 0 amide bonds. The molecule has 0 radical (unpaired) electrons. The van der Waals surface area contributed by atoms with Crippen LogP contribution in [0, 0.1) is 0 Å². The van der Waals surface area contributed by atoms with Gasteiger partial charge in [0.2, 0.25) is 0 Å². The first-order valence-corrected chi connectivity index (χ1v) is 15.7. The van der Waals surface area contributed by atoms with Crippen LogP contribution < -0.4 is 4.74 Å². The Bertz CT molecular complexity index is 906. The molecule has 1 aromatic carbocycles. The molecule has 0 aromatic heterocycles. The van der Waals surface area contributed by atoms with Crippen molar-refractivity contribution in [3.63, 3.8) is 0 Å². The summed E-state index contributed by atoms with van der Waals surface area (Å²) >= 11 is 0. The largest absolute Gasteiger partial charge is 0.496 e. The second-order valence-electron chi connectivity index (χ2n) is 11.7. The Morgan fingerprint density at radius 1 is 0.750 bits per heavy atom. The highest BCUT2D eigenvalue weighted by atomic mass is 19.1. The third-order valence-corrected chi connectivity index (χ3v) is 8.72. The number of carbonyl (C=O) groups excluding carboxylic acids is 2. The van der Waals surface area contributed by atoms with Crippen molar-refractivity contribution in [2.45, 2.75) is 153 Å². The molecule has 226 valence electrons. The SMILES string of the molecule is CCCCCC(F)C(=O)OC1CCC(c2ccc(C3CCC(OC(=O)C(F)CCCCC)CC3)c(OC)c2)CC1. The van der Waals surface area contributed by atoms with Crippen molar-refractivity contribution in [1.29, 1.82) is 0 Å². The maximum Gasteiger partial charge on any atom is 0.340 e. The van der Waals surface area contributed by atoms with Crippen LogP contribution in [-0.4, -0.2) is 43.6 Å². The van der Waals surface area contributed by atoms with Crippen LogP contribution in [0.1, 0.15) is 140 Å². The molecule has 2 saturated carbocycles. The van der Waals surface area contributed by atoms with Gasteiger partial charge in [-0.25, -0.2) is 18.4 Å². The van der Waals surface area contributed by atoms with Gasteiger partial charge in [0.15, 0.2) is 12.3 Å². The Balaban J connectivity index is 1.46. The van der Waals surface area contributed by atoms with Gasteiger partial charge in [0.05, 0.1) is 7.11 Å². The Morgan fingerprint density at radius 2 is 1.23 bits per heavy atom. The maximum atomic E-state index is 14.1. The summed E-state index contributed by atoms with van der Waals surface area (Å²) in [6, 6.07) is 6.47. The van der Waals surface area contributed by atoms with E-state index in [2.05, 4.69) is 32.0 Å². The molecule has 0 N–H and O–H groups in total. The second kappa shape index (κ2) is 16.9. The standard InChI is InChI=1S/C33H50F2O5/c1-4-6-8-10-29(34)32(36)39-26-17-12-23(13-18-26)25-16-21-28(31(22-25)38-3)24-14-19-27(20-15-24)40-33(37)30(35)11-9-7-5-2/h16,21-24,26-27,29-30H,4-15,17-20H2,1-3H3. The summed E-state index contributed by atoms with van der Waals surface area (Å²) < 4.78 is 45.0. The number of hydrogen-bond donors (Lipinski definition) is 0. The minimum absolute atomic E-state index is 0.206. The highest BCUT2D eigenvalue weighted by Crippen LogP contribution is 2.42. The molecule has 2 aliphatic carbocycles. The highest BCUT2D eigenvalue weighted by molar-refractivity contribution is 5.75. The van der Waals surface area contributed by atoms with E-state index < -0.39 is 24.3 Å². The highest BCUT2D eigenvalue weighted by Gasteiger charge is 2.31. The van der Waals surface area contributed by atoms with E-state index in [9.17, 15) is 18.4 Å². The topological polar surface area (TPSA) is 61.8 Å². The third-order valence-electron chi connectivity index (χ3n) is 8.72. The Kier molecular flexibility index (Phi) is 13.7. The number of rotatable bonds is 15. The third kappa shape index (κ3) is 9.73. The molecule has 2 unspecified atom stereocenters. The van der Waals surface area contributed by atoms with Crippen molar-refractivity contribution in [2.24, 2.45) is 0 Å². The number of esters is 2. The molecule has 1 aromatic rings. The predicted molar refractivity (Wildman–Crippen MR) is 153 cm³/mol. The fourth-order valence-electron chi connectivity index (χ4n) is 6.18. The molecule has 0 saturated heterocycles. The van der Waals surface area contributed by atoms with E-state index in [0.29, 0.717) is 24.7 Å². The zero-order chi connectivity index (χ0) is 28.9. The monoisotopic (exact) mass is 564 g/mol. The van der Waals surface area contributed by atoms with Crippen LogP contribution in [0.5, 0.6) is 5.75 Å². The number of alkyl halides is 2. The van der Waals surface area contributed by atoms with E-state index in [-0.39, 0.29) is 25.0 Å². The van der Waals surface area contributed by atoms with Gasteiger partial charge in [0.25, 0.3) is 0 Å². The zero-order valence-corrected chi connectivity index (χ0v) is 24.8. The van der Waals surface area contributed by atoms with E-state index in [1.54, 1.807) is 7.11 Å². The number of hydrogen-bond acceptors (Lipinski definition) is 5. The molecule has 0 bridgehead atoms. The lowest BCUT2D eigenvalue weighted by Gasteiger charge is -2.31. The number of ether oxygens (including phenoxy) is 3. The first-order valence-electron chi connectivity index (χ1n) is 15.7. The van der Waals surface area contributed by atoms with Crippen molar-refractivity contribution in [2.75, 3.05) is 7.11 Å². The van der Waals surface area contributed by atoms with Crippen LogP contribution in [0.2, 0.25) is 0 Å². The van der Waals surface area contributed by atoms with E-state index >= 15 is 0 Å². The van der Waals surface area contributed by atoms with Crippen molar-refractivity contribution in [1.82, 2.24) is 0 Å². The molecular weight excluding hydrogens is 514 g/mol. The quantitative estimate of drug-likeness (QED) is 0.158. The number of benzene rings is 1. The molecule has 2 atom stereocenters. The summed E-state index contributed by atoms with van der Waals surface area (Å²) in [5.74, 6) is 0.128. The Labute approximate surface area is 239 Å². The lowest BCUT2D eigenvalue weighted by Crippen LogP contribution is -2.28. The average molecular weight is 565 g/mol. The molecule has 40 heavy (non-hydrogen) atoms. The van der Waals surface area contributed by atoms with Crippen LogP contribution >= 0.6 is 0 Å². The van der Waals surface area contributed by atoms with Gasteiger partial charge < -0.3 is 14.2 Å². The minimum Gasteiger partial charge on any atom is -0.496 e. The van der Waals surface area contributed by atoms with Gasteiger partial charge in [-0.05, 0) is 106 Å².